The van der Waals surface area contributed by atoms with E-state index in [1.54, 1.807) is 0 Å². The summed E-state index contributed by atoms with van der Waals surface area (Å²) < 4.78 is 6.26. The summed E-state index contributed by atoms with van der Waals surface area (Å²) in [6.07, 6.45) is 7.14. The molecule has 2 heteroatoms. The molecule has 1 aromatic carbocycles. The lowest BCUT2D eigenvalue weighted by Gasteiger charge is -2.28. The van der Waals surface area contributed by atoms with E-state index in [2.05, 4.69) is 35.6 Å². The third kappa shape index (κ3) is 3.83. The van der Waals surface area contributed by atoms with Crippen LogP contribution in [0.5, 0.6) is 0 Å². The molecule has 0 heterocycles. The molecule has 1 N–H and O–H groups in total. The van der Waals surface area contributed by atoms with Gasteiger partial charge in [-0.25, -0.2) is 0 Å². The number of rotatable bonds is 5. The summed E-state index contributed by atoms with van der Waals surface area (Å²) in [6.45, 7) is 0.889. The smallest absolute Gasteiger partial charge is 0.0952 e. The second-order valence-corrected chi connectivity index (χ2v) is 4.85. The Kier molecular flexibility index (Phi) is 5.02. The van der Waals surface area contributed by atoms with Crippen LogP contribution in [0.1, 0.15) is 43.8 Å². The van der Waals surface area contributed by atoms with Crippen molar-refractivity contribution in [3.05, 3.63) is 35.9 Å². The second-order valence-electron chi connectivity index (χ2n) is 4.85. The fourth-order valence-electron chi connectivity index (χ4n) is 2.53. The van der Waals surface area contributed by atoms with Gasteiger partial charge in [0, 0.05) is 6.54 Å². The van der Waals surface area contributed by atoms with Crippen molar-refractivity contribution in [2.45, 2.75) is 44.3 Å². The Morgan fingerprint density at radius 2 is 1.88 bits per heavy atom. The minimum Gasteiger partial charge on any atom is -0.369 e. The molecule has 0 saturated heterocycles. The molecule has 1 fully saturated rings. The Balaban J connectivity index is 1.96. The molecule has 94 valence electrons. The first-order chi connectivity index (χ1) is 8.40. The number of nitrogens with one attached hydrogen (secondary N) is 1. The zero-order chi connectivity index (χ0) is 11.9. The summed E-state index contributed by atoms with van der Waals surface area (Å²) in [5.41, 5.74) is 1.28. The minimum absolute atomic E-state index is 0.198. The van der Waals surface area contributed by atoms with Crippen LogP contribution in [0.2, 0.25) is 0 Å². The van der Waals surface area contributed by atoms with Crippen LogP contribution in [0.25, 0.3) is 0 Å². The maximum absolute atomic E-state index is 6.26. The maximum atomic E-state index is 6.26. The van der Waals surface area contributed by atoms with E-state index in [4.69, 9.17) is 4.74 Å². The highest BCUT2D eigenvalue weighted by molar-refractivity contribution is 5.18. The fraction of sp³-hybridized carbons (Fsp3) is 0.600. The van der Waals surface area contributed by atoms with Crippen LogP contribution >= 0.6 is 0 Å². The topological polar surface area (TPSA) is 21.3 Å². The highest BCUT2D eigenvalue weighted by Crippen LogP contribution is 2.26. The van der Waals surface area contributed by atoms with Gasteiger partial charge in [-0.2, -0.15) is 0 Å². The molecule has 2 rings (SSSR count). The van der Waals surface area contributed by atoms with E-state index >= 15 is 0 Å². The van der Waals surface area contributed by atoms with Crippen molar-refractivity contribution in [2.75, 3.05) is 13.6 Å². The summed E-state index contributed by atoms with van der Waals surface area (Å²) >= 11 is 0. The zero-order valence-corrected chi connectivity index (χ0v) is 10.7. The van der Waals surface area contributed by atoms with Gasteiger partial charge < -0.3 is 10.1 Å². The fourth-order valence-corrected chi connectivity index (χ4v) is 2.53. The van der Waals surface area contributed by atoms with Gasteiger partial charge in [0.05, 0.1) is 12.2 Å². The van der Waals surface area contributed by atoms with E-state index in [-0.39, 0.29) is 6.10 Å². The number of benzene rings is 1. The Morgan fingerprint density at radius 3 is 2.53 bits per heavy atom. The van der Waals surface area contributed by atoms with Crippen molar-refractivity contribution in [3.63, 3.8) is 0 Å². The van der Waals surface area contributed by atoms with Gasteiger partial charge in [0.1, 0.15) is 0 Å². The van der Waals surface area contributed by atoms with Crippen LogP contribution < -0.4 is 5.32 Å². The van der Waals surface area contributed by atoms with E-state index in [0.717, 1.165) is 6.54 Å². The van der Waals surface area contributed by atoms with E-state index in [1.807, 2.05) is 7.05 Å². The molecule has 1 aliphatic carbocycles. The molecule has 1 aromatic rings. The van der Waals surface area contributed by atoms with Crippen molar-refractivity contribution < 1.29 is 4.74 Å². The van der Waals surface area contributed by atoms with E-state index in [1.165, 1.54) is 37.7 Å². The molecule has 0 aliphatic heterocycles. The maximum Gasteiger partial charge on any atom is 0.0952 e. The van der Waals surface area contributed by atoms with Gasteiger partial charge in [0.25, 0.3) is 0 Å². The summed E-state index contributed by atoms with van der Waals surface area (Å²) in [5.74, 6) is 0. The van der Waals surface area contributed by atoms with Crippen LogP contribution in [-0.2, 0) is 4.74 Å². The van der Waals surface area contributed by atoms with Crippen LogP contribution in [0.4, 0.5) is 0 Å². The number of ether oxygens (including phenoxy) is 1. The lowest BCUT2D eigenvalue weighted by molar-refractivity contribution is -0.0298. The molecule has 0 radical (unpaired) electrons. The first-order valence-electron chi connectivity index (χ1n) is 6.75. The van der Waals surface area contributed by atoms with Crippen LogP contribution in [-0.4, -0.2) is 19.7 Å². The first-order valence-corrected chi connectivity index (χ1v) is 6.75. The van der Waals surface area contributed by atoms with E-state index in [9.17, 15) is 0 Å². The summed E-state index contributed by atoms with van der Waals surface area (Å²) in [4.78, 5) is 0. The van der Waals surface area contributed by atoms with Gasteiger partial charge in [0.15, 0.2) is 0 Å². The quantitative estimate of drug-likeness (QED) is 0.842. The Morgan fingerprint density at radius 1 is 1.18 bits per heavy atom. The van der Waals surface area contributed by atoms with Crippen LogP contribution in [0.3, 0.4) is 0 Å². The second kappa shape index (κ2) is 6.77. The number of hydrogen-bond donors (Lipinski definition) is 1. The average molecular weight is 233 g/mol. The Hall–Kier alpha value is -0.860. The average Bonchev–Trinajstić information content (AvgIpc) is 2.40. The van der Waals surface area contributed by atoms with Gasteiger partial charge in [-0.05, 0) is 25.5 Å². The standard InChI is InChI=1S/C15H23NO/c1-16-12-15(13-8-4-2-5-9-13)17-14-10-6-3-7-11-14/h2,4-5,8-9,14-16H,3,6-7,10-12H2,1H3. The highest BCUT2D eigenvalue weighted by Gasteiger charge is 2.19. The molecular formula is C15H23NO. The molecule has 0 spiro atoms. The predicted molar refractivity (Wildman–Crippen MR) is 71.1 cm³/mol. The third-order valence-electron chi connectivity index (χ3n) is 3.47. The summed E-state index contributed by atoms with van der Waals surface area (Å²) in [5, 5.41) is 3.23. The Labute approximate surface area is 104 Å². The molecule has 0 amide bonds. The molecule has 2 nitrogen and oxygen atoms in total. The lowest BCUT2D eigenvalue weighted by atomic mass is 9.97. The molecule has 1 saturated carbocycles. The minimum atomic E-state index is 0.198. The van der Waals surface area contributed by atoms with Crippen molar-refractivity contribution in [1.29, 1.82) is 0 Å². The van der Waals surface area contributed by atoms with Crippen molar-refractivity contribution >= 4 is 0 Å². The van der Waals surface area contributed by atoms with E-state index in [0.29, 0.717) is 6.10 Å². The largest absolute Gasteiger partial charge is 0.369 e. The van der Waals surface area contributed by atoms with Gasteiger partial charge >= 0.3 is 0 Å². The summed E-state index contributed by atoms with van der Waals surface area (Å²) in [7, 11) is 1.99. The number of hydrogen-bond acceptors (Lipinski definition) is 2. The van der Waals surface area contributed by atoms with Gasteiger partial charge in [0.2, 0.25) is 0 Å². The highest BCUT2D eigenvalue weighted by atomic mass is 16.5. The van der Waals surface area contributed by atoms with Crippen LogP contribution in [0.15, 0.2) is 30.3 Å². The lowest BCUT2D eigenvalue weighted by Crippen LogP contribution is -2.26. The van der Waals surface area contributed by atoms with Crippen molar-refractivity contribution in [1.82, 2.24) is 5.32 Å². The Bertz CT molecular complexity index is 306. The van der Waals surface area contributed by atoms with Gasteiger partial charge in [-0.1, -0.05) is 49.6 Å². The monoisotopic (exact) mass is 233 g/mol. The number of likely N-dealkylation sites (N-methyl/N-ethyl adjacent to an activating group) is 1. The third-order valence-corrected chi connectivity index (χ3v) is 3.47. The molecule has 1 atom stereocenters. The van der Waals surface area contributed by atoms with E-state index < -0.39 is 0 Å². The molecular weight excluding hydrogens is 210 g/mol. The molecule has 1 unspecified atom stereocenters. The molecule has 0 aromatic heterocycles. The first kappa shape index (κ1) is 12.6. The van der Waals surface area contributed by atoms with Gasteiger partial charge in [-0.3, -0.25) is 0 Å². The van der Waals surface area contributed by atoms with Crippen molar-refractivity contribution in [3.8, 4) is 0 Å². The van der Waals surface area contributed by atoms with Crippen molar-refractivity contribution in [2.24, 2.45) is 0 Å². The normalized spacial score (nSPS) is 19.1. The molecule has 17 heavy (non-hydrogen) atoms. The summed E-state index contributed by atoms with van der Waals surface area (Å²) in [6, 6.07) is 10.5. The SMILES string of the molecule is CNCC(OC1CCCCC1)c1ccccc1. The van der Waals surface area contributed by atoms with Crippen LogP contribution in [0, 0.1) is 0 Å². The molecule has 1 aliphatic rings. The zero-order valence-electron chi connectivity index (χ0n) is 10.7. The molecule has 0 bridgehead atoms. The van der Waals surface area contributed by atoms with Gasteiger partial charge in [-0.15, -0.1) is 0 Å². The predicted octanol–water partition coefficient (Wildman–Crippen LogP) is 3.30.